The molecule has 0 bridgehead atoms. The van der Waals surface area contributed by atoms with Crippen LogP contribution in [0.1, 0.15) is 25.0 Å². The Morgan fingerprint density at radius 2 is 1.97 bits per heavy atom. The van der Waals surface area contributed by atoms with Crippen LogP contribution in [-0.2, 0) is 16.0 Å². The molecule has 2 aliphatic rings. The lowest BCUT2D eigenvalue weighted by atomic mass is 10.1. The molecule has 4 amide bonds. The Morgan fingerprint density at radius 1 is 1.17 bits per heavy atom. The van der Waals surface area contributed by atoms with Gasteiger partial charge in [-0.3, -0.25) is 24.8 Å². The van der Waals surface area contributed by atoms with Crippen LogP contribution >= 0.6 is 0 Å². The van der Waals surface area contributed by atoms with Crippen molar-refractivity contribution in [3.05, 3.63) is 42.4 Å². The first kappa shape index (κ1) is 19.8. The van der Waals surface area contributed by atoms with E-state index in [1.165, 1.54) is 16.0 Å². The van der Waals surface area contributed by atoms with E-state index in [1.54, 1.807) is 44.6 Å². The molecule has 4 rings (SSSR count). The number of hydrogen-bond acceptors (Lipinski definition) is 6. The molecule has 2 fully saturated rings. The van der Waals surface area contributed by atoms with Gasteiger partial charge in [-0.15, -0.1) is 0 Å². The number of hydrogen-bond donors (Lipinski definition) is 1. The average Bonchev–Trinajstić information content (AvgIpc) is 3.43. The summed E-state index contributed by atoms with van der Waals surface area (Å²) in [6, 6.07) is 6.21. The highest BCUT2D eigenvalue weighted by Gasteiger charge is 2.56. The lowest BCUT2D eigenvalue weighted by molar-refractivity contribution is -0.129. The third kappa shape index (κ3) is 4.10. The van der Waals surface area contributed by atoms with E-state index >= 15 is 0 Å². The van der Waals surface area contributed by atoms with Gasteiger partial charge in [0.15, 0.2) is 0 Å². The van der Waals surface area contributed by atoms with Gasteiger partial charge in [0.05, 0.1) is 23.7 Å². The number of ether oxygens (including phenoxy) is 1. The average molecular weight is 409 g/mol. The molecule has 156 valence electrons. The van der Waals surface area contributed by atoms with Crippen molar-refractivity contribution in [1.29, 1.82) is 0 Å². The Hall–Kier alpha value is -3.49. The van der Waals surface area contributed by atoms with E-state index in [0.29, 0.717) is 29.6 Å². The maximum atomic E-state index is 12.4. The summed E-state index contributed by atoms with van der Waals surface area (Å²) in [5.41, 5.74) is 0.329. The second-order valence-corrected chi connectivity index (χ2v) is 7.85. The van der Waals surface area contributed by atoms with Gasteiger partial charge in [-0.25, -0.2) is 9.78 Å². The molecule has 9 heteroatoms. The van der Waals surface area contributed by atoms with Crippen molar-refractivity contribution in [2.24, 2.45) is 5.41 Å². The van der Waals surface area contributed by atoms with Gasteiger partial charge in [-0.05, 0) is 37.5 Å². The minimum Gasteiger partial charge on any atom is -0.456 e. The summed E-state index contributed by atoms with van der Waals surface area (Å²) in [4.78, 5) is 47.7. The predicted octanol–water partition coefficient (Wildman–Crippen LogP) is 2.44. The number of pyridine rings is 2. The first-order valence-electron chi connectivity index (χ1n) is 9.78. The molecule has 0 radical (unpaired) electrons. The lowest BCUT2D eigenvalue weighted by Crippen LogP contribution is -2.37. The van der Waals surface area contributed by atoms with Gasteiger partial charge in [-0.2, -0.15) is 0 Å². The fourth-order valence-electron chi connectivity index (χ4n) is 3.39. The summed E-state index contributed by atoms with van der Waals surface area (Å²) in [6.45, 7) is 0.451. The van der Waals surface area contributed by atoms with E-state index in [0.717, 1.165) is 19.3 Å². The summed E-state index contributed by atoms with van der Waals surface area (Å²) in [5.74, 6) is 1.20. The number of nitrogens with zero attached hydrogens (tertiary/aromatic N) is 4. The normalized spacial score (nSPS) is 16.5. The Labute approximate surface area is 174 Å². The van der Waals surface area contributed by atoms with E-state index < -0.39 is 6.03 Å². The van der Waals surface area contributed by atoms with Gasteiger partial charge >= 0.3 is 6.03 Å². The number of likely N-dealkylation sites (N-methyl/N-ethyl adjacent to an activating group) is 1. The zero-order chi connectivity index (χ0) is 21.3. The summed E-state index contributed by atoms with van der Waals surface area (Å²) in [7, 11) is 3.39. The Bertz CT molecular complexity index is 985. The van der Waals surface area contributed by atoms with Crippen LogP contribution in [0, 0.1) is 5.41 Å². The van der Waals surface area contributed by atoms with Crippen LogP contribution in [0.2, 0.25) is 0 Å². The van der Waals surface area contributed by atoms with Crippen molar-refractivity contribution in [2.75, 3.05) is 26.0 Å². The minimum absolute atomic E-state index is 0.0505. The SMILES string of the molecule is CN(C)C(=O)Cc1cc(Oc2ccc(NC(=O)N3CCC4(CC4)C3=O)nc2)ccn1. The molecule has 1 N–H and O–H groups in total. The van der Waals surface area contributed by atoms with Crippen molar-refractivity contribution in [2.45, 2.75) is 25.7 Å². The van der Waals surface area contributed by atoms with Gasteiger partial charge < -0.3 is 9.64 Å². The van der Waals surface area contributed by atoms with Gasteiger partial charge in [0.25, 0.3) is 0 Å². The van der Waals surface area contributed by atoms with E-state index in [4.69, 9.17) is 4.74 Å². The second kappa shape index (κ2) is 7.74. The van der Waals surface area contributed by atoms with Crippen LogP contribution in [0.25, 0.3) is 0 Å². The molecule has 1 aliphatic heterocycles. The molecule has 1 aliphatic carbocycles. The smallest absolute Gasteiger partial charge is 0.329 e. The van der Waals surface area contributed by atoms with E-state index in [9.17, 15) is 14.4 Å². The summed E-state index contributed by atoms with van der Waals surface area (Å²) in [6.07, 6.45) is 5.74. The van der Waals surface area contributed by atoms with Crippen molar-refractivity contribution < 1.29 is 19.1 Å². The van der Waals surface area contributed by atoms with Crippen LogP contribution in [-0.4, -0.2) is 58.3 Å². The number of rotatable bonds is 5. The molecule has 2 aromatic rings. The summed E-state index contributed by atoms with van der Waals surface area (Å²) >= 11 is 0. The molecule has 1 spiro atoms. The minimum atomic E-state index is -0.450. The number of aromatic nitrogens is 2. The molecule has 1 saturated heterocycles. The number of amides is 4. The van der Waals surface area contributed by atoms with E-state index in [1.807, 2.05) is 0 Å². The molecule has 1 saturated carbocycles. The quantitative estimate of drug-likeness (QED) is 0.813. The first-order valence-corrected chi connectivity index (χ1v) is 9.78. The van der Waals surface area contributed by atoms with Crippen LogP contribution < -0.4 is 10.1 Å². The topological polar surface area (TPSA) is 105 Å². The van der Waals surface area contributed by atoms with Crippen molar-refractivity contribution >= 4 is 23.7 Å². The zero-order valence-corrected chi connectivity index (χ0v) is 16.9. The van der Waals surface area contributed by atoms with Crippen molar-refractivity contribution in [1.82, 2.24) is 19.8 Å². The Morgan fingerprint density at radius 3 is 2.60 bits per heavy atom. The van der Waals surface area contributed by atoms with E-state index in [2.05, 4.69) is 15.3 Å². The third-order valence-electron chi connectivity index (χ3n) is 5.44. The number of nitrogens with one attached hydrogen (secondary N) is 1. The molecular weight excluding hydrogens is 386 g/mol. The fourth-order valence-corrected chi connectivity index (χ4v) is 3.39. The lowest BCUT2D eigenvalue weighted by Gasteiger charge is -2.15. The summed E-state index contributed by atoms with van der Waals surface area (Å²) < 4.78 is 5.77. The van der Waals surface area contributed by atoms with Crippen LogP contribution in [0.3, 0.4) is 0 Å². The largest absolute Gasteiger partial charge is 0.456 e. The van der Waals surface area contributed by atoms with Gasteiger partial charge in [-0.1, -0.05) is 0 Å². The number of carbonyl (C=O) groups excluding carboxylic acids is 3. The molecule has 0 aromatic carbocycles. The molecular formula is C21H23N5O4. The third-order valence-corrected chi connectivity index (χ3v) is 5.44. The van der Waals surface area contributed by atoms with Gasteiger partial charge in [0.2, 0.25) is 11.8 Å². The van der Waals surface area contributed by atoms with Gasteiger partial charge in [0.1, 0.15) is 17.3 Å². The second-order valence-electron chi connectivity index (χ2n) is 7.85. The number of likely N-dealkylation sites (tertiary alicyclic amines) is 1. The number of imide groups is 1. The monoisotopic (exact) mass is 409 g/mol. The van der Waals surface area contributed by atoms with Crippen LogP contribution in [0.15, 0.2) is 36.7 Å². The maximum absolute atomic E-state index is 12.4. The molecule has 30 heavy (non-hydrogen) atoms. The molecule has 3 heterocycles. The Balaban J connectivity index is 1.35. The first-order chi connectivity index (χ1) is 14.4. The molecule has 0 unspecified atom stereocenters. The Kier molecular flexibility index (Phi) is 5.11. The molecule has 9 nitrogen and oxygen atoms in total. The maximum Gasteiger partial charge on any atom is 0.329 e. The highest BCUT2D eigenvalue weighted by atomic mass is 16.5. The summed E-state index contributed by atoms with van der Waals surface area (Å²) in [5, 5.41) is 2.66. The van der Waals surface area contributed by atoms with Crippen LogP contribution in [0.5, 0.6) is 11.5 Å². The van der Waals surface area contributed by atoms with Crippen LogP contribution in [0.4, 0.5) is 10.6 Å². The highest BCUT2D eigenvalue weighted by Crippen LogP contribution is 2.53. The van der Waals surface area contributed by atoms with E-state index in [-0.39, 0.29) is 23.7 Å². The molecule has 2 aromatic heterocycles. The molecule has 0 atom stereocenters. The van der Waals surface area contributed by atoms with Crippen molar-refractivity contribution in [3.8, 4) is 11.5 Å². The number of anilines is 1. The van der Waals surface area contributed by atoms with Gasteiger partial charge in [0, 0.05) is 32.9 Å². The zero-order valence-electron chi connectivity index (χ0n) is 16.9. The number of urea groups is 1. The van der Waals surface area contributed by atoms with Crippen molar-refractivity contribution in [3.63, 3.8) is 0 Å². The fraction of sp³-hybridized carbons (Fsp3) is 0.381. The highest BCUT2D eigenvalue weighted by molar-refractivity contribution is 6.05. The number of carbonyl (C=O) groups is 3. The predicted molar refractivity (Wildman–Crippen MR) is 108 cm³/mol. The standard InChI is InChI=1S/C21H23N5O4/c1-25(2)18(27)12-14-11-15(5-9-22-14)30-16-3-4-17(23-13-16)24-20(29)26-10-8-21(6-7-21)19(26)28/h3-5,9,11,13H,6-8,10,12H2,1-2H3,(H,23,24,29).